The highest BCUT2D eigenvalue weighted by molar-refractivity contribution is 5.69. The fourth-order valence-corrected chi connectivity index (χ4v) is 2.87. The van der Waals surface area contributed by atoms with Crippen molar-refractivity contribution in [2.24, 2.45) is 0 Å². The van der Waals surface area contributed by atoms with Crippen LogP contribution in [-0.4, -0.2) is 47.5 Å². The van der Waals surface area contributed by atoms with Gasteiger partial charge >= 0.3 is 12.1 Å². The summed E-state index contributed by atoms with van der Waals surface area (Å²) in [6.45, 7) is 1.29. The van der Waals surface area contributed by atoms with Gasteiger partial charge < -0.3 is 19.9 Å². The molecule has 164 valence electrons. The van der Waals surface area contributed by atoms with Crippen molar-refractivity contribution >= 4 is 17.6 Å². The second-order valence-electron chi connectivity index (χ2n) is 6.32. The minimum Gasteiger partial charge on any atom is -0.481 e. The molecule has 30 heavy (non-hydrogen) atoms. The zero-order chi connectivity index (χ0) is 22.3. The molecule has 0 aliphatic carbocycles. The third-order valence-corrected chi connectivity index (χ3v) is 4.12. The monoisotopic (exact) mass is 431 g/mol. The molecular weight excluding hydrogens is 410 g/mol. The number of alkyl halides is 3. The van der Waals surface area contributed by atoms with Gasteiger partial charge in [0, 0.05) is 30.9 Å². The Bertz CT molecular complexity index is 847. The summed E-state index contributed by atoms with van der Waals surface area (Å²) in [6.07, 6.45) is -5.50. The average Bonchev–Trinajstić information content (AvgIpc) is 2.67. The zero-order valence-electron chi connectivity index (χ0n) is 16.2. The molecule has 1 aromatic heterocycles. The Morgan fingerprint density at radius 2 is 1.93 bits per heavy atom. The van der Waals surface area contributed by atoms with Crippen LogP contribution in [0.1, 0.15) is 36.5 Å². The van der Waals surface area contributed by atoms with Crippen LogP contribution in [0, 0.1) is 5.82 Å². The van der Waals surface area contributed by atoms with Gasteiger partial charge in [0.25, 0.3) is 0 Å². The number of aromatic nitrogens is 2. The zero-order valence-corrected chi connectivity index (χ0v) is 16.2. The Balaban J connectivity index is 2.54. The first-order valence-electron chi connectivity index (χ1n) is 8.93. The fraction of sp³-hybridized carbons (Fsp3) is 0.421. The summed E-state index contributed by atoms with van der Waals surface area (Å²) in [4.78, 5) is 18.6. The number of nitrogens with zero attached hydrogens (tertiary/aromatic N) is 2. The first-order chi connectivity index (χ1) is 14.2. The van der Waals surface area contributed by atoms with E-state index in [9.17, 15) is 22.4 Å². The van der Waals surface area contributed by atoms with E-state index in [2.05, 4.69) is 15.3 Å². The van der Waals surface area contributed by atoms with E-state index < -0.39 is 30.0 Å². The summed E-state index contributed by atoms with van der Waals surface area (Å²) in [7, 11) is 1.39. The van der Waals surface area contributed by atoms with Crippen molar-refractivity contribution in [3.05, 3.63) is 47.5 Å². The van der Waals surface area contributed by atoms with E-state index >= 15 is 0 Å². The van der Waals surface area contributed by atoms with Gasteiger partial charge in [0.15, 0.2) is 11.9 Å². The largest absolute Gasteiger partial charge is 0.481 e. The van der Waals surface area contributed by atoms with Crippen LogP contribution in [0.4, 0.5) is 29.2 Å². The Morgan fingerprint density at radius 1 is 1.27 bits per heavy atom. The molecule has 0 aliphatic rings. The van der Waals surface area contributed by atoms with Gasteiger partial charge in [-0.3, -0.25) is 4.79 Å². The number of carbonyl (C=O) groups is 1. The number of hydrogen-bond donors (Lipinski definition) is 2. The van der Waals surface area contributed by atoms with Crippen molar-refractivity contribution in [1.29, 1.82) is 0 Å². The second-order valence-corrected chi connectivity index (χ2v) is 6.32. The van der Waals surface area contributed by atoms with Gasteiger partial charge in [0.2, 0.25) is 5.95 Å². The van der Waals surface area contributed by atoms with E-state index in [0.29, 0.717) is 5.56 Å². The summed E-state index contributed by atoms with van der Waals surface area (Å²) < 4.78 is 63.8. The van der Waals surface area contributed by atoms with Crippen molar-refractivity contribution < 1.29 is 36.9 Å². The van der Waals surface area contributed by atoms with Crippen LogP contribution in [0.2, 0.25) is 0 Å². The number of rotatable bonds is 10. The lowest BCUT2D eigenvalue weighted by Gasteiger charge is -2.25. The topological polar surface area (TPSA) is 93.6 Å². The van der Waals surface area contributed by atoms with Crippen LogP contribution < -0.4 is 5.32 Å². The Morgan fingerprint density at radius 3 is 2.47 bits per heavy atom. The summed E-state index contributed by atoms with van der Waals surface area (Å²) in [5, 5.41) is 11.8. The predicted molar refractivity (Wildman–Crippen MR) is 99.0 cm³/mol. The molecule has 1 heterocycles. The van der Waals surface area contributed by atoms with Gasteiger partial charge in [-0.1, -0.05) is 12.1 Å². The lowest BCUT2D eigenvalue weighted by atomic mass is 9.93. The normalized spacial score (nSPS) is 13.7. The third kappa shape index (κ3) is 6.36. The molecule has 11 heteroatoms. The van der Waals surface area contributed by atoms with Crippen LogP contribution in [0.25, 0.3) is 0 Å². The molecule has 0 unspecified atom stereocenters. The maximum absolute atomic E-state index is 13.6. The summed E-state index contributed by atoms with van der Waals surface area (Å²) in [6, 6.07) is 3.97. The Hall–Kier alpha value is -2.79. The molecule has 1 aromatic carbocycles. The van der Waals surface area contributed by atoms with E-state index in [-0.39, 0.29) is 36.8 Å². The van der Waals surface area contributed by atoms with Gasteiger partial charge in [0.05, 0.1) is 25.4 Å². The fourth-order valence-electron chi connectivity index (χ4n) is 2.87. The molecule has 0 aliphatic heterocycles. The first kappa shape index (κ1) is 23.5. The average molecular weight is 431 g/mol. The SMILES string of the molecule is CCO[C@@H](c1ccc([C@@H](COC)CC(=O)O)cc1Nc1ncc(F)cn1)C(F)(F)F. The molecule has 2 atom stereocenters. The van der Waals surface area contributed by atoms with Crippen molar-refractivity contribution in [2.75, 3.05) is 25.6 Å². The number of ether oxygens (including phenoxy) is 2. The molecule has 0 bridgehead atoms. The lowest BCUT2D eigenvalue weighted by molar-refractivity contribution is -0.222. The first-order valence-corrected chi connectivity index (χ1v) is 8.93. The molecule has 7 nitrogen and oxygen atoms in total. The highest BCUT2D eigenvalue weighted by atomic mass is 19.4. The van der Waals surface area contributed by atoms with E-state index in [1.165, 1.54) is 32.2 Å². The number of anilines is 2. The van der Waals surface area contributed by atoms with Crippen molar-refractivity contribution in [3.8, 4) is 0 Å². The minimum atomic E-state index is -4.70. The summed E-state index contributed by atoms with van der Waals surface area (Å²) in [5.74, 6) is -2.53. The van der Waals surface area contributed by atoms with Crippen molar-refractivity contribution in [3.63, 3.8) is 0 Å². The Labute approximate surface area is 170 Å². The van der Waals surface area contributed by atoms with Gasteiger partial charge in [-0.25, -0.2) is 14.4 Å². The maximum Gasteiger partial charge on any atom is 0.418 e. The van der Waals surface area contributed by atoms with Crippen LogP contribution in [0.5, 0.6) is 0 Å². The molecule has 0 saturated carbocycles. The van der Waals surface area contributed by atoms with Crippen LogP contribution in [0.3, 0.4) is 0 Å². The Kier molecular flexibility index (Phi) is 8.07. The van der Waals surface area contributed by atoms with E-state index in [4.69, 9.17) is 14.6 Å². The third-order valence-electron chi connectivity index (χ3n) is 4.12. The standard InChI is InChI=1S/C19H21F4N3O4/c1-3-30-17(19(21,22)23)14-5-4-11(12(10-29-2)7-16(27)28)6-15(14)26-18-24-8-13(20)9-25-18/h4-6,8-9,12,17H,3,7,10H2,1-2H3,(H,27,28)(H,24,25,26)/t12-,17+/m1/s1. The number of aliphatic carboxylic acids is 1. The highest BCUT2D eigenvalue weighted by Crippen LogP contribution is 2.41. The number of methoxy groups -OCH3 is 1. The van der Waals surface area contributed by atoms with E-state index in [1.54, 1.807) is 0 Å². The van der Waals surface area contributed by atoms with Crippen molar-refractivity contribution in [2.45, 2.75) is 31.5 Å². The van der Waals surface area contributed by atoms with Gasteiger partial charge in [-0.2, -0.15) is 13.2 Å². The molecule has 0 amide bonds. The van der Waals surface area contributed by atoms with Crippen molar-refractivity contribution in [1.82, 2.24) is 9.97 Å². The highest BCUT2D eigenvalue weighted by Gasteiger charge is 2.43. The molecule has 2 aromatic rings. The quantitative estimate of drug-likeness (QED) is 0.545. The van der Waals surface area contributed by atoms with E-state index in [1.807, 2.05) is 0 Å². The second kappa shape index (κ2) is 10.3. The molecule has 2 N–H and O–H groups in total. The number of carboxylic acid groups (broad SMARTS) is 1. The molecule has 0 spiro atoms. The smallest absolute Gasteiger partial charge is 0.418 e. The molecule has 0 radical (unpaired) electrons. The number of hydrogen-bond acceptors (Lipinski definition) is 6. The van der Waals surface area contributed by atoms with Crippen LogP contribution in [-0.2, 0) is 14.3 Å². The van der Waals surface area contributed by atoms with Crippen LogP contribution >= 0.6 is 0 Å². The predicted octanol–water partition coefficient (Wildman–Crippen LogP) is 4.20. The molecule has 0 saturated heterocycles. The maximum atomic E-state index is 13.6. The summed E-state index contributed by atoms with van der Waals surface area (Å²) >= 11 is 0. The minimum absolute atomic E-state index is 0.0404. The number of nitrogens with one attached hydrogen (secondary N) is 1. The number of halogens is 4. The molecular formula is C19H21F4N3O4. The summed E-state index contributed by atoms with van der Waals surface area (Å²) in [5.41, 5.74) is 0.152. The number of benzene rings is 1. The van der Waals surface area contributed by atoms with Gasteiger partial charge in [0.1, 0.15) is 0 Å². The molecule has 2 rings (SSSR count). The molecule has 0 fully saturated rings. The van der Waals surface area contributed by atoms with Gasteiger partial charge in [-0.05, 0) is 18.6 Å². The van der Waals surface area contributed by atoms with Crippen LogP contribution in [0.15, 0.2) is 30.6 Å². The van der Waals surface area contributed by atoms with Gasteiger partial charge in [-0.15, -0.1) is 0 Å². The van der Waals surface area contributed by atoms with E-state index in [0.717, 1.165) is 12.4 Å². The number of carboxylic acids is 1. The lowest BCUT2D eigenvalue weighted by Crippen LogP contribution is -2.25.